The average Bonchev–Trinajstić information content (AvgIpc) is 2.28. The molecule has 5 heteroatoms. The van der Waals surface area contributed by atoms with Gasteiger partial charge in [0.2, 0.25) is 10.0 Å². The van der Waals surface area contributed by atoms with Crippen molar-refractivity contribution >= 4 is 10.0 Å². The first-order chi connectivity index (χ1) is 8.22. The van der Waals surface area contributed by atoms with Gasteiger partial charge in [-0.2, -0.15) is 9.98 Å². The molecule has 4 nitrogen and oxygen atoms in total. The van der Waals surface area contributed by atoms with E-state index >= 15 is 0 Å². The van der Waals surface area contributed by atoms with E-state index in [0.29, 0.717) is 11.1 Å². The van der Waals surface area contributed by atoms with Crippen LogP contribution < -0.4 is 4.72 Å². The average molecular weight is 262 g/mol. The van der Waals surface area contributed by atoms with Gasteiger partial charge in [0.25, 0.3) is 0 Å². The van der Waals surface area contributed by atoms with Gasteiger partial charge < -0.3 is 0 Å². The molecule has 1 N–H and O–H groups in total. The van der Waals surface area contributed by atoms with Crippen molar-refractivity contribution in [2.75, 3.05) is 0 Å². The lowest BCUT2D eigenvalue weighted by molar-refractivity contribution is 0.538. The zero-order valence-corrected chi connectivity index (χ0v) is 11.3. The number of aryl methyl sites for hydroxylation is 1. The lowest BCUT2D eigenvalue weighted by atomic mass is 10.1. The van der Waals surface area contributed by atoms with E-state index in [1.807, 2.05) is 6.07 Å². The molecule has 94 valence electrons. The highest BCUT2D eigenvalue weighted by atomic mass is 32.2. The zero-order valence-electron chi connectivity index (χ0n) is 10.5. The van der Waals surface area contributed by atoms with Gasteiger partial charge in [0.1, 0.15) is 0 Å². The van der Waals surface area contributed by atoms with Crippen LogP contribution in [0.1, 0.15) is 25.0 Å². The van der Waals surface area contributed by atoms with Crippen LogP contribution in [-0.2, 0) is 10.0 Å². The molecule has 0 heterocycles. The highest BCUT2D eigenvalue weighted by Gasteiger charge is 2.25. The molecule has 0 bridgehead atoms. The summed E-state index contributed by atoms with van der Waals surface area (Å²) in [7, 11) is -3.74. The molecule has 0 unspecified atom stereocenters. The molecular weight excluding hydrogens is 248 g/mol. The number of benzene rings is 1. The summed E-state index contributed by atoms with van der Waals surface area (Å²) >= 11 is 0. The number of hydrogen-bond acceptors (Lipinski definition) is 3. The lowest BCUT2D eigenvalue weighted by Crippen LogP contribution is -2.42. The first-order valence-corrected chi connectivity index (χ1v) is 6.73. The van der Waals surface area contributed by atoms with E-state index in [-0.39, 0.29) is 4.90 Å². The van der Waals surface area contributed by atoms with Gasteiger partial charge in [-0.05, 0) is 38.5 Å². The fraction of sp³-hybridized carbons (Fsp3) is 0.308. The fourth-order valence-electron chi connectivity index (χ4n) is 1.38. The van der Waals surface area contributed by atoms with Gasteiger partial charge in [-0.1, -0.05) is 12.0 Å². The maximum Gasteiger partial charge on any atom is 0.242 e. The molecule has 0 saturated heterocycles. The second-order valence-corrected chi connectivity index (χ2v) is 6.12. The van der Waals surface area contributed by atoms with Crippen LogP contribution in [0.2, 0.25) is 0 Å². The highest BCUT2D eigenvalue weighted by Crippen LogP contribution is 2.18. The van der Waals surface area contributed by atoms with E-state index in [1.165, 1.54) is 6.07 Å². The molecule has 0 spiro atoms. The summed E-state index contributed by atoms with van der Waals surface area (Å²) in [6.45, 7) is 4.85. The zero-order chi connectivity index (χ0) is 14.0. The van der Waals surface area contributed by atoms with Crippen molar-refractivity contribution in [3.63, 3.8) is 0 Å². The molecular formula is C13H14N2O2S. The summed E-state index contributed by atoms with van der Waals surface area (Å²) in [5.41, 5.74) is -0.123. The highest BCUT2D eigenvalue weighted by molar-refractivity contribution is 7.89. The van der Waals surface area contributed by atoms with Crippen molar-refractivity contribution in [2.24, 2.45) is 0 Å². The quantitative estimate of drug-likeness (QED) is 0.840. The van der Waals surface area contributed by atoms with E-state index in [9.17, 15) is 8.42 Å². The van der Waals surface area contributed by atoms with Crippen molar-refractivity contribution in [1.82, 2.24) is 4.72 Å². The molecule has 0 amide bonds. The Morgan fingerprint density at radius 2 is 2.00 bits per heavy atom. The van der Waals surface area contributed by atoms with Gasteiger partial charge in [-0.25, -0.2) is 8.42 Å². The molecule has 1 rings (SSSR count). The van der Waals surface area contributed by atoms with Gasteiger partial charge in [0.15, 0.2) is 0 Å². The van der Waals surface area contributed by atoms with Crippen molar-refractivity contribution in [3.05, 3.63) is 29.3 Å². The number of sulfonamides is 1. The van der Waals surface area contributed by atoms with Crippen LogP contribution in [-0.4, -0.2) is 14.0 Å². The van der Waals surface area contributed by atoms with Crippen molar-refractivity contribution in [1.29, 1.82) is 5.26 Å². The molecule has 1 aromatic rings. The first kappa shape index (κ1) is 14.2. The van der Waals surface area contributed by atoms with E-state index in [2.05, 4.69) is 10.6 Å². The van der Waals surface area contributed by atoms with Crippen molar-refractivity contribution < 1.29 is 8.42 Å². The van der Waals surface area contributed by atoms with Crippen LogP contribution in [0.15, 0.2) is 23.1 Å². The Bertz CT molecular complexity index is 647. The first-order valence-electron chi connectivity index (χ1n) is 5.24. The Hall–Kier alpha value is -1.82. The number of nitrogens with one attached hydrogen (secondary N) is 1. The van der Waals surface area contributed by atoms with Gasteiger partial charge in [-0.15, -0.1) is 6.42 Å². The van der Waals surface area contributed by atoms with Crippen LogP contribution in [0, 0.1) is 30.6 Å². The minimum atomic E-state index is -3.74. The van der Waals surface area contributed by atoms with E-state index < -0.39 is 15.6 Å². The maximum absolute atomic E-state index is 12.2. The van der Waals surface area contributed by atoms with Crippen molar-refractivity contribution in [3.8, 4) is 18.4 Å². The predicted octanol–water partition coefficient (Wildman–Crippen LogP) is 1.56. The smallest absolute Gasteiger partial charge is 0.207 e. The summed E-state index contributed by atoms with van der Waals surface area (Å²) in [5, 5.41) is 8.80. The summed E-state index contributed by atoms with van der Waals surface area (Å²) in [5.74, 6) is 2.36. The maximum atomic E-state index is 12.2. The number of nitrogens with zero attached hydrogens (tertiary/aromatic N) is 1. The second kappa shape index (κ2) is 4.81. The summed E-state index contributed by atoms with van der Waals surface area (Å²) in [6, 6.07) is 6.41. The molecule has 0 aliphatic carbocycles. The molecule has 0 atom stereocenters. The molecule has 0 aliphatic heterocycles. The Labute approximate surface area is 108 Å². The Balaban J connectivity index is 3.31. The topological polar surface area (TPSA) is 70.0 Å². The minimum Gasteiger partial charge on any atom is -0.207 e. The van der Waals surface area contributed by atoms with Gasteiger partial charge in [-0.3, -0.25) is 0 Å². The van der Waals surface area contributed by atoms with Gasteiger partial charge >= 0.3 is 0 Å². The largest absolute Gasteiger partial charge is 0.242 e. The normalized spacial score (nSPS) is 11.6. The molecule has 0 aromatic heterocycles. The standard InChI is InChI=1S/C13H14N2O2S/c1-5-13(3,4)15-18(16,17)12-8-11(9-14)7-6-10(12)2/h1,6-8,15H,2-4H3. The third-order valence-corrected chi connectivity index (χ3v) is 4.16. The predicted molar refractivity (Wildman–Crippen MR) is 69.1 cm³/mol. The van der Waals surface area contributed by atoms with E-state index in [0.717, 1.165) is 0 Å². The van der Waals surface area contributed by atoms with Crippen molar-refractivity contribution in [2.45, 2.75) is 31.2 Å². The van der Waals surface area contributed by atoms with Crippen LogP contribution >= 0.6 is 0 Å². The minimum absolute atomic E-state index is 0.0740. The second-order valence-electron chi connectivity index (χ2n) is 4.47. The SMILES string of the molecule is C#CC(C)(C)NS(=O)(=O)c1cc(C#N)ccc1C. The number of rotatable bonds is 3. The van der Waals surface area contributed by atoms with E-state index in [1.54, 1.807) is 32.9 Å². The molecule has 1 aromatic carbocycles. The molecule has 18 heavy (non-hydrogen) atoms. The summed E-state index contributed by atoms with van der Waals surface area (Å²) in [4.78, 5) is 0.0740. The monoisotopic (exact) mass is 262 g/mol. The molecule has 0 radical (unpaired) electrons. The fourth-order valence-corrected chi connectivity index (χ4v) is 2.99. The van der Waals surface area contributed by atoms with Crippen LogP contribution in [0.5, 0.6) is 0 Å². The van der Waals surface area contributed by atoms with Crippen LogP contribution in [0.3, 0.4) is 0 Å². The van der Waals surface area contributed by atoms with Crippen LogP contribution in [0.4, 0.5) is 0 Å². The number of hydrogen-bond donors (Lipinski definition) is 1. The van der Waals surface area contributed by atoms with Crippen LogP contribution in [0.25, 0.3) is 0 Å². The Kier molecular flexibility index (Phi) is 3.81. The molecule has 0 fully saturated rings. The van der Waals surface area contributed by atoms with Gasteiger partial charge in [0.05, 0.1) is 22.1 Å². The Morgan fingerprint density at radius 1 is 1.39 bits per heavy atom. The third kappa shape index (κ3) is 3.10. The van der Waals surface area contributed by atoms with Gasteiger partial charge in [0, 0.05) is 0 Å². The molecule has 0 aliphatic rings. The summed E-state index contributed by atoms with van der Waals surface area (Å²) in [6.07, 6.45) is 5.26. The molecule has 0 saturated carbocycles. The number of nitriles is 1. The van der Waals surface area contributed by atoms with E-state index in [4.69, 9.17) is 11.7 Å². The third-order valence-electron chi connectivity index (χ3n) is 2.36. The number of terminal acetylenes is 1. The lowest BCUT2D eigenvalue weighted by Gasteiger charge is -2.20. The summed E-state index contributed by atoms with van der Waals surface area (Å²) < 4.78 is 26.8. The Morgan fingerprint density at radius 3 is 2.50 bits per heavy atom.